The van der Waals surface area contributed by atoms with E-state index >= 15 is 0 Å². The normalized spacial score (nSPS) is 16.9. The van der Waals surface area contributed by atoms with E-state index < -0.39 is 17.6 Å². The van der Waals surface area contributed by atoms with Gasteiger partial charge in [0.05, 0.1) is 17.9 Å². The topological polar surface area (TPSA) is 124 Å². The van der Waals surface area contributed by atoms with Gasteiger partial charge in [-0.2, -0.15) is 9.50 Å². The molecule has 11 nitrogen and oxygen atoms in total. The van der Waals surface area contributed by atoms with Crippen LogP contribution in [0.25, 0.3) is 10.5 Å². The van der Waals surface area contributed by atoms with Gasteiger partial charge in [0.15, 0.2) is 23.4 Å². The van der Waals surface area contributed by atoms with Crippen molar-refractivity contribution in [2.24, 2.45) is 0 Å². The highest BCUT2D eigenvalue weighted by atomic mass is 32.1. The maximum atomic E-state index is 13.7. The monoisotopic (exact) mass is 581 g/mol. The molecule has 2 amide bonds. The van der Waals surface area contributed by atoms with Gasteiger partial charge in [0.2, 0.25) is 10.9 Å². The number of carbonyl (C=O) groups excluding carboxylic acids is 2. The number of aromatic nitrogens is 3. The lowest BCUT2D eigenvalue weighted by atomic mass is 10.1. The minimum atomic E-state index is -0.583. The second-order valence-electron chi connectivity index (χ2n) is 9.55. The van der Waals surface area contributed by atoms with E-state index in [4.69, 9.17) is 14.2 Å². The van der Waals surface area contributed by atoms with Crippen molar-refractivity contribution in [3.8, 4) is 17.2 Å². The summed E-state index contributed by atoms with van der Waals surface area (Å²) in [6.07, 6.45) is -0.583. The third kappa shape index (κ3) is 4.41. The number of nitrogens with one attached hydrogen (secondary N) is 1. The standard InChI is InChI=1S/C30H23N5O6S/c1-2-39-18-13-11-17(12-14-18)31-24(36)15-34-20-8-4-3-7-19(20)25(28(34)37)26-29(38)35-30(42-26)32-27(33-35)23-16-40-21-9-5-6-10-22(21)41-23/h3-14,23H,2,15-16H2,1H3,(H,31,36). The molecular weight excluding hydrogens is 558 g/mol. The van der Waals surface area contributed by atoms with Gasteiger partial charge in [-0.25, -0.2) is 0 Å². The van der Waals surface area contributed by atoms with Crippen molar-refractivity contribution in [3.05, 3.63) is 99.1 Å². The molecule has 1 atom stereocenters. The van der Waals surface area contributed by atoms with Gasteiger partial charge in [-0.15, -0.1) is 5.10 Å². The smallest absolute Gasteiger partial charge is 0.291 e. The van der Waals surface area contributed by atoms with Crippen molar-refractivity contribution in [3.63, 3.8) is 0 Å². The van der Waals surface area contributed by atoms with Crippen molar-refractivity contribution in [1.82, 2.24) is 14.6 Å². The van der Waals surface area contributed by atoms with Crippen LogP contribution in [0.1, 0.15) is 24.4 Å². The highest BCUT2D eigenvalue weighted by Gasteiger charge is 2.36. The van der Waals surface area contributed by atoms with Gasteiger partial charge >= 0.3 is 0 Å². The number of thiazole rings is 1. The summed E-state index contributed by atoms with van der Waals surface area (Å²) in [5.74, 6) is 1.39. The van der Waals surface area contributed by atoms with E-state index in [1.165, 1.54) is 9.42 Å². The lowest BCUT2D eigenvalue weighted by molar-refractivity contribution is -0.118. The molecule has 0 fully saturated rings. The van der Waals surface area contributed by atoms with Crippen LogP contribution in [0.4, 0.5) is 11.4 Å². The maximum absolute atomic E-state index is 13.7. The zero-order valence-electron chi connectivity index (χ0n) is 22.3. The van der Waals surface area contributed by atoms with Crippen LogP contribution in [0.15, 0.2) is 77.6 Å². The Kier molecular flexibility index (Phi) is 6.31. The largest absolute Gasteiger partial charge is 0.494 e. The fraction of sp³-hybridized carbons (Fsp3) is 0.167. The van der Waals surface area contributed by atoms with Crippen LogP contribution in [0, 0.1) is 0 Å². The predicted molar refractivity (Wildman–Crippen MR) is 155 cm³/mol. The van der Waals surface area contributed by atoms with E-state index in [1.54, 1.807) is 54.6 Å². The quantitative estimate of drug-likeness (QED) is 0.325. The number of benzene rings is 3. The van der Waals surface area contributed by atoms with Gasteiger partial charge in [-0.3, -0.25) is 19.3 Å². The van der Waals surface area contributed by atoms with Crippen molar-refractivity contribution >= 4 is 45.1 Å². The molecule has 210 valence electrons. The number of amides is 2. The number of ether oxygens (including phenoxy) is 3. The number of para-hydroxylation sites is 3. The second-order valence-corrected chi connectivity index (χ2v) is 10.5. The lowest BCUT2D eigenvalue weighted by Gasteiger charge is -2.24. The van der Waals surface area contributed by atoms with E-state index in [0.717, 1.165) is 11.3 Å². The first kappa shape index (κ1) is 25.7. The molecule has 1 unspecified atom stereocenters. The molecule has 12 heteroatoms. The fourth-order valence-electron chi connectivity index (χ4n) is 4.99. The molecule has 3 aromatic carbocycles. The second kappa shape index (κ2) is 10.3. The van der Waals surface area contributed by atoms with Crippen LogP contribution in [-0.4, -0.2) is 46.2 Å². The summed E-state index contributed by atoms with van der Waals surface area (Å²) in [6.45, 7) is 2.40. The minimum Gasteiger partial charge on any atom is -0.494 e. The molecule has 4 heterocycles. The van der Waals surface area contributed by atoms with Gasteiger partial charge in [-0.1, -0.05) is 41.7 Å². The number of fused-ring (bicyclic) bond motifs is 3. The van der Waals surface area contributed by atoms with Crippen molar-refractivity contribution in [2.75, 3.05) is 30.0 Å². The zero-order valence-corrected chi connectivity index (χ0v) is 23.1. The SMILES string of the molecule is CCOc1ccc(NC(=O)CN2C(=O)C(=c3sc4nc(C5COc6ccccc6O5)nn4c3=O)c3ccccc32)cc1. The molecular formula is C30H23N5O6S. The Morgan fingerprint density at radius 2 is 1.81 bits per heavy atom. The summed E-state index contributed by atoms with van der Waals surface area (Å²) < 4.78 is 18.6. The van der Waals surface area contributed by atoms with Gasteiger partial charge in [0.1, 0.15) is 23.4 Å². The van der Waals surface area contributed by atoms with Gasteiger partial charge in [-0.05, 0) is 49.4 Å². The van der Waals surface area contributed by atoms with Crippen molar-refractivity contribution < 1.29 is 23.8 Å². The van der Waals surface area contributed by atoms with Crippen molar-refractivity contribution in [1.29, 1.82) is 0 Å². The van der Waals surface area contributed by atoms with Crippen molar-refractivity contribution in [2.45, 2.75) is 13.0 Å². The molecule has 1 N–H and O–H groups in total. The maximum Gasteiger partial charge on any atom is 0.291 e. The van der Waals surface area contributed by atoms with E-state index in [9.17, 15) is 14.4 Å². The Bertz CT molecular complexity index is 1970. The molecule has 2 aliphatic rings. The van der Waals surface area contributed by atoms with Gasteiger partial charge < -0.3 is 19.5 Å². The number of hydrogen-bond donors (Lipinski definition) is 1. The highest BCUT2D eigenvalue weighted by Crippen LogP contribution is 2.36. The number of rotatable bonds is 6. The van der Waals surface area contributed by atoms with Crippen LogP contribution in [0.2, 0.25) is 0 Å². The van der Waals surface area contributed by atoms with E-state index in [1.807, 2.05) is 25.1 Å². The van der Waals surface area contributed by atoms with Gasteiger partial charge in [0, 0.05) is 11.3 Å². The van der Waals surface area contributed by atoms with Crippen LogP contribution in [0.5, 0.6) is 17.2 Å². The predicted octanol–water partition coefficient (Wildman–Crippen LogP) is 2.97. The average Bonchev–Trinajstić information content (AvgIpc) is 3.64. The lowest BCUT2D eigenvalue weighted by Crippen LogP contribution is -2.37. The summed E-state index contributed by atoms with van der Waals surface area (Å²) in [7, 11) is 0. The Hall–Kier alpha value is -5.23. The summed E-state index contributed by atoms with van der Waals surface area (Å²) in [5.41, 5.74) is 1.44. The summed E-state index contributed by atoms with van der Waals surface area (Å²) in [4.78, 5) is 46.4. The third-order valence-corrected chi connectivity index (χ3v) is 7.90. The number of carbonyl (C=O) groups is 2. The first-order valence-electron chi connectivity index (χ1n) is 13.3. The summed E-state index contributed by atoms with van der Waals surface area (Å²) in [5, 5.41) is 7.21. The summed E-state index contributed by atoms with van der Waals surface area (Å²) in [6, 6.07) is 21.4. The highest BCUT2D eigenvalue weighted by molar-refractivity contribution is 7.15. The van der Waals surface area contributed by atoms with E-state index in [2.05, 4.69) is 15.4 Å². The van der Waals surface area contributed by atoms with Crippen LogP contribution >= 0.6 is 11.3 Å². The first-order chi connectivity index (χ1) is 20.5. The third-order valence-electron chi connectivity index (χ3n) is 6.87. The number of nitrogens with zero attached hydrogens (tertiary/aromatic N) is 4. The first-order valence-corrected chi connectivity index (χ1v) is 14.1. The molecule has 0 radical (unpaired) electrons. The Labute approximate surface area is 242 Å². The van der Waals surface area contributed by atoms with Gasteiger partial charge in [0.25, 0.3) is 11.5 Å². The van der Waals surface area contributed by atoms with Crippen LogP contribution in [0.3, 0.4) is 0 Å². The molecule has 7 rings (SSSR count). The Morgan fingerprint density at radius 3 is 2.60 bits per heavy atom. The fourth-order valence-corrected chi connectivity index (χ4v) is 5.99. The molecule has 0 saturated carbocycles. The number of hydrogen-bond acceptors (Lipinski definition) is 9. The molecule has 5 aromatic rings. The van der Waals surface area contributed by atoms with E-state index in [0.29, 0.717) is 51.6 Å². The Morgan fingerprint density at radius 1 is 1.05 bits per heavy atom. The summed E-state index contributed by atoms with van der Waals surface area (Å²) >= 11 is 1.07. The Balaban J connectivity index is 1.18. The van der Waals surface area contributed by atoms with E-state index in [-0.39, 0.29) is 29.2 Å². The molecule has 2 aliphatic heterocycles. The molecule has 0 bridgehead atoms. The zero-order chi connectivity index (χ0) is 28.8. The number of anilines is 2. The molecule has 42 heavy (non-hydrogen) atoms. The molecule has 2 aromatic heterocycles. The molecule has 0 aliphatic carbocycles. The molecule has 0 spiro atoms. The minimum absolute atomic E-state index is 0.201. The molecule has 0 saturated heterocycles. The average molecular weight is 582 g/mol. The van der Waals surface area contributed by atoms with Crippen LogP contribution < -0.4 is 34.5 Å². The van der Waals surface area contributed by atoms with Crippen LogP contribution in [-0.2, 0) is 9.59 Å².